The summed E-state index contributed by atoms with van der Waals surface area (Å²) in [5, 5.41) is 6.51. The van der Waals surface area contributed by atoms with Crippen molar-refractivity contribution < 1.29 is 4.39 Å². The number of hydrogen-bond acceptors (Lipinski definition) is 3. The number of rotatable bonds is 4. The predicted octanol–water partition coefficient (Wildman–Crippen LogP) is 4.75. The van der Waals surface area contributed by atoms with E-state index >= 15 is 0 Å². The van der Waals surface area contributed by atoms with Gasteiger partial charge in [0.05, 0.1) is 10.6 Å². The van der Waals surface area contributed by atoms with Gasteiger partial charge in [-0.1, -0.05) is 36.4 Å². The van der Waals surface area contributed by atoms with Gasteiger partial charge in [-0.3, -0.25) is 5.43 Å². The van der Waals surface area contributed by atoms with Crippen LogP contribution in [0.25, 0.3) is 0 Å². The van der Waals surface area contributed by atoms with Crippen molar-refractivity contribution >= 4 is 22.7 Å². The van der Waals surface area contributed by atoms with Crippen LogP contribution in [0.1, 0.15) is 10.4 Å². The van der Waals surface area contributed by atoms with E-state index in [9.17, 15) is 4.39 Å². The lowest BCUT2D eigenvalue weighted by atomic mass is 10.1. The first-order valence-corrected chi connectivity index (χ1v) is 7.39. The summed E-state index contributed by atoms with van der Waals surface area (Å²) in [6.07, 6.45) is 0. The molecule has 0 spiro atoms. The lowest BCUT2D eigenvalue weighted by Gasteiger charge is -2.06. The molecular weight excluding hydrogens is 283 g/mol. The number of nitrogens with one attached hydrogen (secondary N) is 1. The summed E-state index contributed by atoms with van der Waals surface area (Å²) in [6.45, 7) is 0. The summed E-state index contributed by atoms with van der Waals surface area (Å²) in [5.41, 5.74) is 5.64. The summed E-state index contributed by atoms with van der Waals surface area (Å²) in [4.78, 5) is 1.08. The highest BCUT2D eigenvalue weighted by Crippen LogP contribution is 2.17. The smallest absolute Gasteiger partial charge is 0.123 e. The Morgan fingerprint density at radius 1 is 0.905 bits per heavy atom. The van der Waals surface area contributed by atoms with Gasteiger partial charge in [-0.25, -0.2) is 4.39 Å². The molecule has 4 heteroatoms. The standard InChI is InChI=1S/C17H13FN2S/c18-14-8-10-15(11-9-14)19-20-17(16-7-4-12-21-16)13-5-2-1-3-6-13/h1-12,19H/b20-17-. The summed E-state index contributed by atoms with van der Waals surface area (Å²) in [5.74, 6) is -0.258. The number of anilines is 1. The average Bonchev–Trinajstić information content (AvgIpc) is 3.05. The Morgan fingerprint density at radius 3 is 2.33 bits per heavy atom. The maximum atomic E-state index is 12.9. The van der Waals surface area contributed by atoms with Crippen molar-refractivity contribution in [2.75, 3.05) is 5.43 Å². The highest BCUT2D eigenvalue weighted by molar-refractivity contribution is 7.12. The van der Waals surface area contributed by atoms with Gasteiger partial charge in [-0.15, -0.1) is 11.3 Å². The Hall–Kier alpha value is -2.46. The quantitative estimate of drug-likeness (QED) is 0.545. The Bertz CT molecular complexity index is 719. The van der Waals surface area contributed by atoms with Crippen LogP contribution in [-0.2, 0) is 0 Å². The van der Waals surface area contributed by atoms with Crippen molar-refractivity contribution in [1.29, 1.82) is 0 Å². The molecule has 104 valence electrons. The monoisotopic (exact) mass is 296 g/mol. The SMILES string of the molecule is Fc1ccc(N/N=C(/c2ccccc2)c2cccs2)cc1. The molecule has 0 aliphatic carbocycles. The van der Waals surface area contributed by atoms with Gasteiger partial charge in [-0.2, -0.15) is 5.10 Å². The molecule has 2 aromatic carbocycles. The third kappa shape index (κ3) is 3.35. The minimum atomic E-state index is -0.258. The fraction of sp³-hybridized carbons (Fsp3) is 0. The molecule has 0 saturated heterocycles. The number of thiophene rings is 1. The zero-order valence-corrected chi connectivity index (χ0v) is 12.0. The van der Waals surface area contributed by atoms with E-state index in [4.69, 9.17) is 0 Å². The van der Waals surface area contributed by atoms with Gasteiger partial charge < -0.3 is 0 Å². The van der Waals surface area contributed by atoms with Crippen LogP contribution in [0.15, 0.2) is 77.2 Å². The number of benzene rings is 2. The van der Waals surface area contributed by atoms with E-state index in [1.807, 2.05) is 47.8 Å². The molecule has 0 aliphatic rings. The fourth-order valence-electron chi connectivity index (χ4n) is 1.92. The van der Waals surface area contributed by atoms with E-state index in [0.29, 0.717) is 0 Å². The molecule has 0 saturated carbocycles. The zero-order valence-electron chi connectivity index (χ0n) is 11.2. The van der Waals surface area contributed by atoms with Gasteiger partial charge in [0, 0.05) is 5.56 Å². The molecule has 0 radical (unpaired) electrons. The van der Waals surface area contributed by atoms with Gasteiger partial charge in [-0.05, 0) is 35.7 Å². The lowest BCUT2D eigenvalue weighted by molar-refractivity contribution is 0.628. The predicted molar refractivity (Wildman–Crippen MR) is 86.4 cm³/mol. The van der Waals surface area contributed by atoms with E-state index in [1.165, 1.54) is 12.1 Å². The second-order valence-electron chi connectivity index (χ2n) is 4.42. The molecule has 0 atom stereocenters. The number of hydrogen-bond donors (Lipinski definition) is 1. The Morgan fingerprint density at radius 2 is 1.67 bits per heavy atom. The molecule has 2 nitrogen and oxygen atoms in total. The maximum absolute atomic E-state index is 12.9. The minimum Gasteiger partial charge on any atom is -0.278 e. The third-order valence-electron chi connectivity index (χ3n) is 2.94. The van der Waals surface area contributed by atoms with Crippen molar-refractivity contribution in [3.05, 3.63) is 88.4 Å². The van der Waals surface area contributed by atoms with Crippen LogP contribution < -0.4 is 5.43 Å². The topological polar surface area (TPSA) is 24.4 Å². The summed E-state index contributed by atoms with van der Waals surface area (Å²) >= 11 is 1.63. The largest absolute Gasteiger partial charge is 0.278 e. The minimum absolute atomic E-state index is 0.258. The van der Waals surface area contributed by atoms with Crippen molar-refractivity contribution in [1.82, 2.24) is 0 Å². The second kappa shape index (κ2) is 6.33. The summed E-state index contributed by atoms with van der Waals surface area (Å²) in [6, 6.07) is 20.1. The van der Waals surface area contributed by atoms with E-state index in [0.717, 1.165) is 21.8 Å². The molecule has 3 rings (SSSR count). The van der Waals surface area contributed by atoms with Crippen LogP contribution in [0.2, 0.25) is 0 Å². The Kier molecular flexibility index (Phi) is 4.07. The fourth-order valence-corrected chi connectivity index (χ4v) is 2.65. The van der Waals surface area contributed by atoms with E-state index in [-0.39, 0.29) is 5.82 Å². The molecule has 0 bridgehead atoms. The molecule has 1 heterocycles. The number of halogens is 1. The van der Waals surface area contributed by atoms with Crippen LogP contribution in [-0.4, -0.2) is 5.71 Å². The van der Waals surface area contributed by atoms with E-state index in [1.54, 1.807) is 23.5 Å². The first kappa shape index (κ1) is 13.5. The molecule has 3 aromatic rings. The van der Waals surface area contributed by atoms with Gasteiger partial charge in [0.1, 0.15) is 11.5 Å². The zero-order chi connectivity index (χ0) is 14.5. The molecule has 1 N–H and O–H groups in total. The highest BCUT2D eigenvalue weighted by atomic mass is 32.1. The Balaban J connectivity index is 1.92. The first-order valence-electron chi connectivity index (χ1n) is 6.51. The molecule has 0 amide bonds. The van der Waals surface area contributed by atoms with Crippen LogP contribution in [0, 0.1) is 5.82 Å². The van der Waals surface area contributed by atoms with E-state index < -0.39 is 0 Å². The van der Waals surface area contributed by atoms with Crippen LogP contribution in [0.4, 0.5) is 10.1 Å². The van der Waals surface area contributed by atoms with E-state index in [2.05, 4.69) is 10.5 Å². The van der Waals surface area contributed by atoms with Crippen LogP contribution in [0.5, 0.6) is 0 Å². The van der Waals surface area contributed by atoms with Gasteiger partial charge in [0.15, 0.2) is 0 Å². The first-order chi connectivity index (χ1) is 10.3. The normalized spacial score (nSPS) is 11.4. The molecule has 1 aromatic heterocycles. The molecule has 0 fully saturated rings. The molecular formula is C17H13FN2S. The summed E-state index contributed by atoms with van der Waals surface area (Å²) < 4.78 is 12.9. The molecule has 0 aliphatic heterocycles. The van der Waals surface area contributed by atoms with Gasteiger partial charge in [0.25, 0.3) is 0 Å². The second-order valence-corrected chi connectivity index (χ2v) is 5.37. The third-order valence-corrected chi connectivity index (χ3v) is 3.82. The number of hydrazone groups is 1. The van der Waals surface area contributed by atoms with Crippen LogP contribution >= 0.6 is 11.3 Å². The van der Waals surface area contributed by atoms with Crippen molar-refractivity contribution in [2.45, 2.75) is 0 Å². The highest BCUT2D eigenvalue weighted by Gasteiger charge is 2.07. The summed E-state index contributed by atoms with van der Waals surface area (Å²) in [7, 11) is 0. The van der Waals surface area contributed by atoms with Crippen molar-refractivity contribution in [3.8, 4) is 0 Å². The number of nitrogens with zero attached hydrogens (tertiary/aromatic N) is 1. The molecule has 0 unspecified atom stereocenters. The molecule has 21 heavy (non-hydrogen) atoms. The van der Waals surface area contributed by atoms with Gasteiger partial charge in [0.2, 0.25) is 0 Å². The van der Waals surface area contributed by atoms with Crippen molar-refractivity contribution in [2.24, 2.45) is 5.10 Å². The Labute approximate surface area is 126 Å². The van der Waals surface area contributed by atoms with Crippen LogP contribution in [0.3, 0.4) is 0 Å². The lowest BCUT2D eigenvalue weighted by Crippen LogP contribution is -2.04. The van der Waals surface area contributed by atoms with Gasteiger partial charge >= 0.3 is 0 Å². The van der Waals surface area contributed by atoms with Crippen molar-refractivity contribution in [3.63, 3.8) is 0 Å². The average molecular weight is 296 g/mol. The maximum Gasteiger partial charge on any atom is 0.123 e.